The molecule has 0 atom stereocenters. The molecule has 0 spiro atoms. The summed E-state index contributed by atoms with van der Waals surface area (Å²) in [6, 6.07) is 9.94. The summed E-state index contributed by atoms with van der Waals surface area (Å²) >= 11 is 2.86. The van der Waals surface area contributed by atoms with E-state index in [0.29, 0.717) is 15.7 Å². The fourth-order valence-corrected chi connectivity index (χ4v) is 2.96. The number of nitrogens with zero attached hydrogens (tertiary/aromatic N) is 3. The van der Waals surface area contributed by atoms with E-state index in [4.69, 9.17) is 5.41 Å². The Morgan fingerprint density at radius 3 is 2.35 bits per heavy atom. The Kier molecular flexibility index (Phi) is 4.53. The number of hydrogen-bond donors (Lipinski definition) is 1. The molecule has 0 bridgehead atoms. The van der Waals surface area contributed by atoms with Crippen LogP contribution in [0, 0.1) is 23.7 Å². The van der Waals surface area contributed by atoms with Crippen molar-refractivity contribution in [1.29, 1.82) is 10.7 Å². The van der Waals surface area contributed by atoms with Crippen LogP contribution in [0.2, 0.25) is 0 Å². The Morgan fingerprint density at radius 2 is 1.85 bits per heavy atom. The molecule has 0 saturated heterocycles. The van der Waals surface area contributed by atoms with Gasteiger partial charge in [0, 0.05) is 5.69 Å². The molecule has 20 heavy (non-hydrogen) atoms. The number of aryl methyl sites for hydroxylation is 1. The van der Waals surface area contributed by atoms with E-state index >= 15 is 0 Å². The number of thioether (sulfide) groups is 2. The number of aromatic nitrogens is 2. The smallest absolute Gasteiger partial charge is 0.175 e. The molecule has 0 unspecified atom stereocenters. The van der Waals surface area contributed by atoms with Gasteiger partial charge in [-0.3, -0.25) is 9.98 Å². The van der Waals surface area contributed by atoms with E-state index in [9.17, 15) is 5.26 Å². The van der Waals surface area contributed by atoms with Gasteiger partial charge >= 0.3 is 0 Å². The van der Waals surface area contributed by atoms with E-state index in [2.05, 4.69) is 11.1 Å². The van der Waals surface area contributed by atoms with Gasteiger partial charge in [-0.2, -0.15) is 5.26 Å². The lowest BCUT2D eigenvalue weighted by molar-refractivity contribution is 0.725. The zero-order valence-corrected chi connectivity index (χ0v) is 13.1. The van der Waals surface area contributed by atoms with E-state index in [-0.39, 0.29) is 5.49 Å². The second-order valence-corrected chi connectivity index (χ2v) is 5.68. The standard InChI is InChI=1S/C14H14N4S2/c1-9-4-6-10(7-5-9)18-12(16)11(8-15)13(19-2)17-14(18)20-3/h4-7,16H,1-3H3. The van der Waals surface area contributed by atoms with Crippen LogP contribution in [-0.2, 0) is 0 Å². The van der Waals surface area contributed by atoms with Crippen LogP contribution in [-0.4, -0.2) is 22.1 Å². The van der Waals surface area contributed by atoms with E-state index in [1.807, 2.05) is 43.7 Å². The van der Waals surface area contributed by atoms with Crippen molar-refractivity contribution in [2.45, 2.75) is 17.1 Å². The molecule has 1 N–H and O–H groups in total. The minimum atomic E-state index is 0.181. The van der Waals surface area contributed by atoms with Gasteiger partial charge in [-0.05, 0) is 31.6 Å². The molecule has 4 nitrogen and oxygen atoms in total. The zero-order chi connectivity index (χ0) is 14.7. The Balaban J connectivity index is 2.78. The predicted molar refractivity (Wildman–Crippen MR) is 82.4 cm³/mol. The summed E-state index contributed by atoms with van der Waals surface area (Å²) in [6.07, 6.45) is 3.78. The van der Waals surface area contributed by atoms with Gasteiger partial charge in [0.05, 0.1) is 0 Å². The zero-order valence-electron chi connectivity index (χ0n) is 11.5. The quantitative estimate of drug-likeness (QED) is 0.538. The number of hydrogen-bond acceptors (Lipinski definition) is 5. The van der Waals surface area contributed by atoms with E-state index in [1.54, 1.807) is 4.57 Å². The van der Waals surface area contributed by atoms with Crippen molar-refractivity contribution in [2.75, 3.05) is 12.5 Å². The molecule has 0 aliphatic heterocycles. The van der Waals surface area contributed by atoms with Crippen LogP contribution in [0.4, 0.5) is 0 Å². The largest absolute Gasteiger partial charge is 0.283 e. The lowest BCUT2D eigenvalue weighted by Crippen LogP contribution is -2.25. The first kappa shape index (κ1) is 14.7. The van der Waals surface area contributed by atoms with Crippen LogP contribution in [0.25, 0.3) is 5.69 Å². The van der Waals surface area contributed by atoms with Crippen molar-refractivity contribution in [1.82, 2.24) is 9.55 Å². The van der Waals surface area contributed by atoms with Crippen LogP contribution in [0.3, 0.4) is 0 Å². The van der Waals surface area contributed by atoms with E-state index in [1.165, 1.54) is 23.5 Å². The second kappa shape index (κ2) is 6.16. The molecule has 1 aromatic carbocycles. The number of benzene rings is 1. The molecule has 0 saturated carbocycles. The molecule has 2 aromatic rings. The fourth-order valence-electron chi connectivity index (χ4n) is 1.82. The molecule has 0 aliphatic carbocycles. The number of rotatable bonds is 3. The van der Waals surface area contributed by atoms with Gasteiger partial charge in [0.15, 0.2) is 10.6 Å². The predicted octanol–water partition coefficient (Wildman–Crippen LogP) is 2.98. The minimum Gasteiger partial charge on any atom is -0.283 e. The average Bonchev–Trinajstić information content (AvgIpc) is 2.47. The summed E-state index contributed by atoms with van der Waals surface area (Å²) in [7, 11) is 0. The van der Waals surface area contributed by atoms with Crippen LogP contribution in [0.15, 0.2) is 34.4 Å². The Labute approximate surface area is 126 Å². The third-order valence-electron chi connectivity index (χ3n) is 2.84. The Morgan fingerprint density at radius 1 is 1.20 bits per heavy atom. The molecule has 0 amide bonds. The second-order valence-electron chi connectivity index (χ2n) is 4.11. The molecule has 1 heterocycles. The molecule has 102 valence electrons. The third kappa shape index (κ3) is 2.60. The van der Waals surface area contributed by atoms with Crippen molar-refractivity contribution in [3.63, 3.8) is 0 Å². The van der Waals surface area contributed by atoms with Gasteiger partial charge in [0.2, 0.25) is 0 Å². The summed E-state index contributed by atoms with van der Waals surface area (Å²) in [6.45, 7) is 2.02. The van der Waals surface area contributed by atoms with Gasteiger partial charge in [-0.15, -0.1) is 11.8 Å². The normalized spacial score (nSPS) is 10.3. The van der Waals surface area contributed by atoms with Gasteiger partial charge in [-0.25, -0.2) is 4.98 Å². The summed E-state index contributed by atoms with van der Waals surface area (Å²) < 4.78 is 1.71. The maximum Gasteiger partial charge on any atom is 0.175 e. The van der Waals surface area contributed by atoms with Crippen molar-refractivity contribution >= 4 is 23.5 Å². The van der Waals surface area contributed by atoms with Crippen molar-refractivity contribution in [2.24, 2.45) is 0 Å². The van der Waals surface area contributed by atoms with Crippen molar-refractivity contribution in [3.05, 3.63) is 40.9 Å². The first-order valence-electron chi connectivity index (χ1n) is 5.89. The molecule has 1 aromatic heterocycles. The van der Waals surface area contributed by atoms with Gasteiger partial charge in [0.25, 0.3) is 0 Å². The summed E-state index contributed by atoms with van der Waals surface area (Å²) in [5.41, 5.74) is 2.50. The molecular weight excluding hydrogens is 288 g/mol. The maximum atomic E-state index is 9.27. The molecular formula is C14H14N4S2. The monoisotopic (exact) mass is 302 g/mol. The SMILES string of the molecule is CSc1nc(SC)n(-c2ccc(C)cc2)c(=N)c1C#N. The first-order chi connectivity index (χ1) is 9.62. The van der Waals surface area contributed by atoms with Gasteiger partial charge in [-0.1, -0.05) is 29.5 Å². The van der Waals surface area contributed by atoms with E-state index < -0.39 is 0 Å². The highest BCUT2D eigenvalue weighted by molar-refractivity contribution is 7.99. The van der Waals surface area contributed by atoms with Crippen molar-refractivity contribution < 1.29 is 0 Å². The lowest BCUT2D eigenvalue weighted by atomic mass is 10.2. The van der Waals surface area contributed by atoms with Gasteiger partial charge < -0.3 is 0 Å². The topological polar surface area (TPSA) is 65.5 Å². The first-order valence-corrected chi connectivity index (χ1v) is 8.34. The highest BCUT2D eigenvalue weighted by Gasteiger charge is 2.14. The minimum absolute atomic E-state index is 0.181. The summed E-state index contributed by atoms with van der Waals surface area (Å²) in [5.74, 6) is 0. The lowest BCUT2D eigenvalue weighted by Gasteiger charge is -2.14. The van der Waals surface area contributed by atoms with E-state index in [0.717, 1.165) is 11.3 Å². The fraction of sp³-hybridized carbons (Fsp3) is 0.214. The molecule has 0 aliphatic rings. The molecule has 2 rings (SSSR count). The number of nitrogens with one attached hydrogen (secondary N) is 1. The Hall–Kier alpha value is -1.71. The summed E-state index contributed by atoms with van der Waals surface area (Å²) in [4.78, 5) is 4.49. The van der Waals surface area contributed by atoms with Crippen LogP contribution < -0.4 is 5.49 Å². The maximum absolute atomic E-state index is 9.27. The molecule has 6 heteroatoms. The van der Waals surface area contributed by atoms with Crippen molar-refractivity contribution in [3.8, 4) is 11.8 Å². The van der Waals surface area contributed by atoms with Gasteiger partial charge in [0.1, 0.15) is 16.7 Å². The highest BCUT2D eigenvalue weighted by Crippen LogP contribution is 2.22. The molecule has 0 radical (unpaired) electrons. The van der Waals surface area contributed by atoms with Crippen LogP contribution in [0.1, 0.15) is 11.1 Å². The summed E-state index contributed by atoms with van der Waals surface area (Å²) in [5, 5.41) is 18.9. The molecule has 0 fully saturated rings. The third-order valence-corrected chi connectivity index (χ3v) is 4.16. The highest BCUT2D eigenvalue weighted by atomic mass is 32.2. The average molecular weight is 302 g/mol. The van der Waals surface area contributed by atoms with Crippen LogP contribution >= 0.6 is 23.5 Å². The van der Waals surface area contributed by atoms with Crippen LogP contribution in [0.5, 0.6) is 0 Å². The Bertz CT molecular complexity index is 727. The number of nitriles is 1.